The van der Waals surface area contributed by atoms with Gasteiger partial charge in [-0.05, 0) is 53.1 Å². The molecule has 3 nitrogen and oxygen atoms in total. The fourth-order valence-corrected chi connectivity index (χ4v) is 11.8. The van der Waals surface area contributed by atoms with Crippen LogP contribution in [0.2, 0.25) is 0 Å². The molecule has 0 aliphatic heterocycles. The van der Waals surface area contributed by atoms with Crippen molar-refractivity contribution in [2.24, 2.45) is 0 Å². The van der Waals surface area contributed by atoms with E-state index in [0.29, 0.717) is 17.5 Å². The summed E-state index contributed by atoms with van der Waals surface area (Å²) >= 11 is 5.60. The van der Waals surface area contributed by atoms with Gasteiger partial charge in [0.25, 0.3) is 0 Å². The molecule has 12 aromatic rings. The highest BCUT2D eigenvalue weighted by Gasteiger charge is 2.18. The molecule has 0 amide bonds. The van der Waals surface area contributed by atoms with Gasteiger partial charge in [0, 0.05) is 82.8 Å². The van der Waals surface area contributed by atoms with Crippen LogP contribution >= 0.6 is 34.0 Å². The van der Waals surface area contributed by atoms with E-state index in [-0.39, 0.29) is 0 Å². The highest BCUT2D eigenvalue weighted by Crippen LogP contribution is 2.47. The summed E-state index contributed by atoms with van der Waals surface area (Å²) < 4.78 is 7.78. The molecule has 0 saturated carbocycles. The van der Waals surface area contributed by atoms with E-state index in [0.717, 1.165) is 16.7 Å². The van der Waals surface area contributed by atoms with Gasteiger partial charge in [-0.3, -0.25) is 0 Å². The average Bonchev–Trinajstić information content (AvgIpc) is 3.97. The van der Waals surface area contributed by atoms with E-state index >= 15 is 0 Å². The highest BCUT2D eigenvalue weighted by molar-refractivity contribution is 7.27. The van der Waals surface area contributed by atoms with Crippen molar-refractivity contribution in [1.82, 2.24) is 15.0 Å². The molecule has 12 rings (SSSR count). The molecule has 0 radical (unpaired) electrons. The third kappa shape index (κ3) is 5.33. The zero-order valence-electron chi connectivity index (χ0n) is 30.3. The first-order valence-corrected chi connectivity index (χ1v) is 21.4. The van der Waals surface area contributed by atoms with E-state index < -0.39 is 0 Å². The van der Waals surface area contributed by atoms with Gasteiger partial charge in [0.2, 0.25) is 0 Å². The average molecular weight is 780 g/mol. The zero-order valence-corrected chi connectivity index (χ0v) is 32.8. The van der Waals surface area contributed by atoms with Crippen LogP contribution in [0.3, 0.4) is 0 Å². The van der Waals surface area contributed by atoms with Gasteiger partial charge < -0.3 is 0 Å². The Bertz CT molecular complexity index is 3470. The molecule has 0 aliphatic carbocycles. The third-order valence-corrected chi connectivity index (χ3v) is 14.4. The van der Waals surface area contributed by atoms with Crippen molar-refractivity contribution in [3.8, 4) is 56.4 Å². The first-order valence-electron chi connectivity index (χ1n) is 18.9. The van der Waals surface area contributed by atoms with E-state index in [1.807, 2.05) is 94.7 Å². The van der Waals surface area contributed by atoms with Crippen LogP contribution in [0.15, 0.2) is 176 Å². The number of nitrogens with zero attached hydrogens (tertiary/aromatic N) is 3. The molecule has 0 spiro atoms. The number of rotatable bonds is 5. The molecule has 0 fully saturated rings. The summed E-state index contributed by atoms with van der Waals surface area (Å²) in [6, 6.07) is 63.1. The summed E-state index contributed by atoms with van der Waals surface area (Å²) in [6.07, 6.45) is 0. The summed E-state index contributed by atoms with van der Waals surface area (Å²) in [4.78, 5) is 14.9. The molecule has 4 aromatic heterocycles. The Morgan fingerprint density at radius 3 is 1.56 bits per heavy atom. The molecule has 4 heterocycles. The Kier molecular flexibility index (Phi) is 7.45. The van der Waals surface area contributed by atoms with Gasteiger partial charge in [0.05, 0.1) is 0 Å². The van der Waals surface area contributed by atoms with Crippen molar-refractivity contribution in [3.63, 3.8) is 0 Å². The Morgan fingerprint density at radius 1 is 0.281 bits per heavy atom. The number of thiophene rings is 3. The molecule has 8 aromatic carbocycles. The van der Waals surface area contributed by atoms with E-state index in [2.05, 4.69) is 115 Å². The normalized spacial score (nSPS) is 11.9. The zero-order chi connectivity index (χ0) is 37.5. The van der Waals surface area contributed by atoms with Gasteiger partial charge in [-0.2, -0.15) is 0 Å². The maximum absolute atomic E-state index is 5.01. The van der Waals surface area contributed by atoms with Crippen LogP contribution < -0.4 is 0 Å². The lowest BCUT2D eigenvalue weighted by Crippen LogP contribution is -1.99. The van der Waals surface area contributed by atoms with Crippen LogP contribution in [-0.4, -0.2) is 15.0 Å². The van der Waals surface area contributed by atoms with Crippen molar-refractivity contribution < 1.29 is 0 Å². The van der Waals surface area contributed by atoms with Crippen molar-refractivity contribution >= 4 is 94.5 Å². The molecule has 0 unspecified atom stereocenters. The van der Waals surface area contributed by atoms with Crippen LogP contribution in [0, 0.1) is 0 Å². The molecule has 0 atom stereocenters. The Morgan fingerprint density at radius 2 is 0.807 bits per heavy atom. The summed E-state index contributed by atoms with van der Waals surface area (Å²) in [5, 5.41) is 7.81. The van der Waals surface area contributed by atoms with Crippen LogP contribution in [-0.2, 0) is 0 Å². The second-order valence-corrected chi connectivity index (χ2v) is 17.5. The molecule has 266 valence electrons. The number of hydrogen-bond acceptors (Lipinski definition) is 6. The van der Waals surface area contributed by atoms with E-state index in [1.54, 1.807) is 0 Å². The summed E-state index contributed by atoms with van der Waals surface area (Å²) in [7, 11) is 0. The lowest BCUT2D eigenvalue weighted by molar-refractivity contribution is 1.07. The van der Waals surface area contributed by atoms with Crippen LogP contribution in [0.25, 0.3) is 117 Å². The molecule has 0 aliphatic rings. The molecule has 0 saturated heterocycles. The van der Waals surface area contributed by atoms with Crippen LogP contribution in [0.1, 0.15) is 0 Å². The Labute approximate surface area is 339 Å². The first-order chi connectivity index (χ1) is 28.2. The maximum atomic E-state index is 5.01. The van der Waals surface area contributed by atoms with Crippen LogP contribution in [0.4, 0.5) is 0 Å². The van der Waals surface area contributed by atoms with E-state index in [9.17, 15) is 0 Å². The largest absolute Gasteiger partial charge is 0.208 e. The van der Waals surface area contributed by atoms with Gasteiger partial charge >= 0.3 is 0 Å². The SMILES string of the molecule is c1ccc(-c2nc(-c3ccccc3)nc(-c3ccc4c(c3)sc3cccc(-c5ccc6sc7c(-c8cccc9sc%10ccccc%10c89)cccc7c6c5)c34)n2)cc1. The molecular weight excluding hydrogens is 751 g/mol. The Balaban J connectivity index is 0.985. The number of hydrogen-bond donors (Lipinski definition) is 0. The quantitative estimate of drug-likeness (QED) is 0.175. The minimum atomic E-state index is 0.665. The smallest absolute Gasteiger partial charge is 0.164 e. The Hall–Kier alpha value is -6.57. The number of benzene rings is 8. The molecule has 0 bridgehead atoms. The first kappa shape index (κ1) is 32.7. The van der Waals surface area contributed by atoms with Crippen molar-refractivity contribution in [2.75, 3.05) is 0 Å². The second-order valence-electron chi connectivity index (χ2n) is 14.3. The van der Waals surface area contributed by atoms with Gasteiger partial charge in [-0.1, -0.05) is 140 Å². The fraction of sp³-hybridized carbons (Fsp3) is 0. The lowest BCUT2D eigenvalue weighted by Gasteiger charge is -2.09. The van der Waals surface area contributed by atoms with Gasteiger partial charge in [-0.25, -0.2) is 15.0 Å². The molecule has 57 heavy (non-hydrogen) atoms. The van der Waals surface area contributed by atoms with Crippen molar-refractivity contribution in [1.29, 1.82) is 0 Å². The number of fused-ring (bicyclic) bond motifs is 9. The summed E-state index contributed by atoms with van der Waals surface area (Å²) in [5.74, 6) is 2.00. The summed E-state index contributed by atoms with van der Waals surface area (Å²) in [5.41, 5.74) is 7.98. The van der Waals surface area contributed by atoms with E-state index in [1.165, 1.54) is 82.8 Å². The maximum Gasteiger partial charge on any atom is 0.164 e. The van der Waals surface area contributed by atoms with E-state index in [4.69, 9.17) is 15.0 Å². The monoisotopic (exact) mass is 779 g/mol. The predicted octanol–water partition coefficient (Wildman–Crippen LogP) is 15.3. The third-order valence-electron chi connectivity index (χ3n) is 11.0. The highest BCUT2D eigenvalue weighted by atomic mass is 32.1. The van der Waals surface area contributed by atoms with Crippen molar-refractivity contribution in [2.45, 2.75) is 0 Å². The topological polar surface area (TPSA) is 38.7 Å². The van der Waals surface area contributed by atoms with Gasteiger partial charge in [0.1, 0.15) is 0 Å². The predicted molar refractivity (Wildman–Crippen MR) is 246 cm³/mol. The minimum Gasteiger partial charge on any atom is -0.208 e. The molecular formula is C51H29N3S3. The summed E-state index contributed by atoms with van der Waals surface area (Å²) in [6.45, 7) is 0. The fourth-order valence-electron chi connectivity index (χ4n) is 8.32. The van der Waals surface area contributed by atoms with Crippen LogP contribution in [0.5, 0.6) is 0 Å². The lowest BCUT2D eigenvalue weighted by atomic mass is 9.96. The molecule has 6 heteroatoms. The van der Waals surface area contributed by atoms with Gasteiger partial charge in [0.15, 0.2) is 17.5 Å². The standard InChI is InChI=1S/C51H29N3S3/c1-3-12-30(13-4-1)49-52-50(31-14-5-2-6-15-31)54-51(53-49)33-24-26-39-45(29-33)56-43-22-10-17-34(46(39)43)32-25-27-42-40(28-32)37-20-9-19-36(48(37)57-42)35-18-11-23-44-47(35)38-16-7-8-21-41(38)55-44/h1-29H. The second kappa shape index (κ2) is 13.0. The minimum absolute atomic E-state index is 0.665. The van der Waals surface area contributed by atoms with Gasteiger partial charge in [-0.15, -0.1) is 34.0 Å². The number of aromatic nitrogens is 3. The van der Waals surface area contributed by atoms with Crippen molar-refractivity contribution in [3.05, 3.63) is 176 Å². The molecule has 0 N–H and O–H groups in total.